The highest BCUT2D eigenvalue weighted by molar-refractivity contribution is 6.00. The summed E-state index contributed by atoms with van der Waals surface area (Å²) in [5.74, 6) is -16.2. The fourth-order valence-electron chi connectivity index (χ4n) is 7.59. The molecule has 0 heterocycles. The van der Waals surface area contributed by atoms with Gasteiger partial charge < -0.3 is 92.5 Å². The molecule has 0 radical (unpaired) electrons. The van der Waals surface area contributed by atoms with Crippen LogP contribution in [0.15, 0.2) is 35.3 Å². The van der Waals surface area contributed by atoms with Gasteiger partial charge in [0, 0.05) is 32.7 Å². The van der Waals surface area contributed by atoms with E-state index in [1.54, 1.807) is 44.2 Å². The SMILES string of the molecule is CC(=O)N[C@@H](CCC(=O)O)C(=O)N[C@@H](CC(N)=O)C(=O)N[C@@H](CC(N)=O)C(=O)N[C@H](C(=O)N[C@@H](CCCN=C(N)N)C(=O)N[C@@H](Cc1ccccc1)C(=O)N[C@@H](CCC(N)=O)C(=O)N[C@@H](CO)C(=O)N[C@@H](CC(C)C)C(N)=O)C(C)C. The lowest BCUT2D eigenvalue weighted by Gasteiger charge is -2.29. The van der Waals surface area contributed by atoms with E-state index in [0.29, 0.717) is 5.56 Å². The van der Waals surface area contributed by atoms with Crippen molar-refractivity contribution in [1.29, 1.82) is 0 Å². The zero-order valence-electron chi connectivity index (χ0n) is 45.7. The molecule has 0 fully saturated rings. The van der Waals surface area contributed by atoms with Crippen LogP contribution >= 0.6 is 0 Å². The molecule has 0 spiro atoms. The number of aliphatic imine (C=N–C) groups is 1. The lowest BCUT2D eigenvalue weighted by atomic mass is 10.00. The first-order valence-corrected chi connectivity index (χ1v) is 25.6. The molecule has 13 amide bonds. The highest BCUT2D eigenvalue weighted by atomic mass is 16.4. The highest BCUT2D eigenvalue weighted by Gasteiger charge is 2.37. The van der Waals surface area contributed by atoms with Gasteiger partial charge in [-0.05, 0) is 49.5 Å². The number of carboxylic acids is 1. The minimum Gasteiger partial charge on any atom is -0.481 e. The van der Waals surface area contributed by atoms with Gasteiger partial charge in [0.1, 0.15) is 54.4 Å². The fourth-order valence-corrected chi connectivity index (χ4v) is 7.59. The minimum atomic E-state index is -1.91. The van der Waals surface area contributed by atoms with Crippen LogP contribution in [0.4, 0.5) is 0 Å². The Balaban J connectivity index is 3.66. The Morgan fingerprint density at radius 3 is 1.37 bits per heavy atom. The Morgan fingerprint density at radius 2 is 0.914 bits per heavy atom. The summed E-state index contributed by atoms with van der Waals surface area (Å²) in [6.45, 7) is 6.43. The number of aliphatic hydroxyl groups is 1. The zero-order valence-corrected chi connectivity index (χ0v) is 45.7. The number of hydrogen-bond acceptors (Lipinski definition) is 16. The number of aliphatic carboxylic acids is 1. The number of benzene rings is 1. The second-order valence-electron chi connectivity index (χ2n) is 19.5. The van der Waals surface area contributed by atoms with E-state index in [2.05, 4.69) is 52.8 Å². The second kappa shape index (κ2) is 35.5. The largest absolute Gasteiger partial charge is 0.481 e. The zero-order chi connectivity index (χ0) is 61.7. The molecule has 0 aromatic heterocycles. The van der Waals surface area contributed by atoms with Gasteiger partial charge in [-0.15, -0.1) is 0 Å². The Labute approximate surface area is 466 Å². The summed E-state index contributed by atoms with van der Waals surface area (Å²) in [5, 5.41) is 40.4. The van der Waals surface area contributed by atoms with E-state index in [1.807, 2.05) is 0 Å². The van der Waals surface area contributed by atoms with Gasteiger partial charge in [-0.1, -0.05) is 58.0 Å². The lowest BCUT2D eigenvalue weighted by Crippen LogP contribution is -2.62. The monoisotopic (exact) mass is 1150 g/mol. The van der Waals surface area contributed by atoms with E-state index >= 15 is 0 Å². The maximum absolute atomic E-state index is 14.4. The number of aliphatic hydroxyl groups excluding tert-OH is 1. The van der Waals surface area contributed by atoms with Crippen molar-refractivity contribution in [2.24, 2.45) is 51.2 Å². The van der Waals surface area contributed by atoms with Gasteiger partial charge >= 0.3 is 5.97 Å². The number of amides is 13. The molecule has 81 heavy (non-hydrogen) atoms. The number of carbonyl (C=O) groups is 14. The number of primary amides is 4. The molecule has 1 aromatic rings. The maximum atomic E-state index is 14.4. The first-order chi connectivity index (χ1) is 37.8. The number of carboxylic acid groups (broad SMARTS) is 1. The first-order valence-electron chi connectivity index (χ1n) is 25.6. The third-order valence-electron chi connectivity index (χ3n) is 11.7. The third kappa shape index (κ3) is 28.0. The molecular formula is C49H78N16O16. The molecule has 23 N–H and O–H groups in total. The smallest absolute Gasteiger partial charge is 0.303 e. The summed E-state index contributed by atoms with van der Waals surface area (Å²) in [6.07, 6.45) is -4.17. The van der Waals surface area contributed by atoms with Crippen molar-refractivity contribution in [2.75, 3.05) is 13.2 Å². The highest BCUT2D eigenvalue weighted by Crippen LogP contribution is 2.12. The summed E-state index contributed by atoms with van der Waals surface area (Å²) in [5.41, 5.74) is 33.0. The molecule has 0 aliphatic heterocycles. The predicted molar refractivity (Wildman–Crippen MR) is 287 cm³/mol. The molecule has 0 bridgehead atoms. The number of nitrogens with zero attached hydrogens (tertiary/aromatic N) is 1. The summed E-state index contributed by atoms with van der Waals surface area (Å²) in [6, 6.07) is -6.40. The quantitative estimate of drug-likeness (QED) is 0.0166. The van der Waals surface area contributed by atoms with Gasteiger partial charge in [0.05, 0.1) is 19.4 Å². The summed E-state index contributed by atoms with van der Waals surface area (Å²) < 4.78 is 0. The Bertz CT molecular complexity index is 2440. The lowest BCUT2D eigenvalue weighted by molar-refractivity contribution is -0.138. The van der Waals surface area contributed by atoms with Gasteiger partial charge in [-0.3, -0.25) is 72.1 Å². The average molecular weight is 1150 g/mol. The molecule has 450 valence electrons. The van der Waals surface area contributed by atoms with Crippen molar-refractivity contribution in [2.45, 2.75) is 153 Å². The van der Waals surface area contributed by atoms with Crippen LogP contribution < -0.4 is 82.3 Å². The van der Waals surface area contributed by atoms with Crippen LogP contribution in [0.25, 0.3) is 0 Å². The summed E-state index contributed by atoms with van der Waals surface area (Å²) in [4.78, 5) is 186. The number of rotatable bonds is 38. The number of carbonyl (C=O) groups excluding carboxylic acids is 13. The first kappa shape index (κ1) is 70.0. The van der Waals surface area contributed by atoms with Crippen LogP contribution in [0.5, 0.6) is 0 Å². The van der Waals surface area contributed by atoms with Crippen LogP contribution in [0.3, 0.4) is 0 Å². The number of guanidine groups is 1. The van der Waals surface area contributed by atoms with E-state index in [-0.39, 0.29) is 44.1 Å². The molecule has 32 nitrogen and oxygen atoms in total. The number of hydrogen-bond donors (Lipinski definition) is 17. The number of nitrogens with two attached hydrogens (primary N) is 6. The Morgan fingerprint density at radius 1 is 0.494 bits per heavy atom. The van der Waals surface area contributed by atoms with E-state index in [9.17, 15) is 72.2 Å². The average Bonchev–Trinajstić information content (AvgIpc) is 3.37. The maximum Gasteiger partial charge on any atom is 0.303 e. The molecule has 0 aliphatic carbocycles. The van der Waals surface area contributed by atoms with Gasteiger partial charge in [-0.2, -0.15) is 0 Å². The van der Waals surface area contributed by atoms with Crippen LogP contribution in [0.2, 0.25) is 0 Å². The van der Waals surface area contributed by atoms with Crippen LogP contribution in [0, 0.1) is 11.8 Å². The Kier molecular flexibility index (Phi) is 30.7. The molecule has 1 aromatic carbocycles. The van der Waals surface area contributed by atoms with Crippen LogP contribution in [-0.4, -0.2) is 166 Å². The number of nitrogens with one attached hydrogen (secondary N) is 9. The van der Waals surface area contributed by atoms with Crippen molar-refractivity contribution in [3.05, 3.63) is 35.9 Å². The van der Waals surface area contributed by atoms with Gasteiger partial charge in [-0.25, -0.2) is 0 Å². The predicted octanol–water partition coefficient (Wildman–Crippen LogP) is -7.27. The molecule has 32 heteroatoms. The van der Waals surface area contributed by atoms with Crippen molar-refractivity contribution >= 4 is 88.7 Å². The minimum absolute atomic E-state index is 0.0119. The standard InChI is InChI=1S/C49H78N16O16/c1-23(2)18-30(40(53)73)60-47(80)34(22-66)64-43(76)29(13-15-35(50)68)58-44(77)31(19-26-10-7-6-8-11-26)61-41(74)27(12-9-17-56-49(54)55)59-48(81)39(24(3)4)65-46(79)33(21-37(52)70)63-45(78)32(20-36(51)69)62-42(75)28(57-25(5)67)14-16-38(71)72/h6-8,10-11,23-24,27-34,39,66H,9,12-22H2,1-5H3,(H2,50,68)(H2,51,69)(H2,52,70)(H2,53,73)(H,57,67)(H,58,77)(H,59,81)(H,60,80)(H,61,74)(H,62,75)(H,63,78)(H,64,76)(H,65,79)(H,71,72)(H4,54,55,56)/t27-,28-,29-,30-,31-,32-,33-,34-,39-/m0/s1. The molecule has 0 saturated heterocycles. The Hall–Kier alpha value is -8.97. The third-order valence-corrected chi connectivity index (χ3v) is 11.7. The summed E-state index contributed by atoms with van der Waals surface area (Å²) >= 11 is 0. The fraction of sp³-hybridized carbons (Fsp3) is 0.571. The van der Waals surface area contributed by atoms with Crippen LogP contribution in [-0.2, 0) is 73.5 Å². The molecule has 0 saturated carbocycles. The van der Waals surface area contributed by atoms with Crippen LogP contribution in [0.1, 0.15) is 98.0 Å². The molecule has 1 rings (SSSR count). The molecular weight excluding hydrogens is 1070 g/mol. The topological polar surface area (TPSA) is 556 Å². The van der Waals surface area contributed by atoms with E-state index in [4.69, 9.17) is 39.5 Å². The second-order valence-corrected chi connectivity index (χ2v) is 19.5. The molecule has 9 atom stereocenters. The van der Waals surface area contributed by atoms with E-state index in [0.717, 1.165) is 6.92 Å². The van der Waals surface area contributed by atoms with E-state index in [1.165, 1.54) is 13.8 Å². The van der Waals surface area contributed by atoms with Crippen molar-refractivity contribution in [3.63, 3.8) is 0 Å². The summed E-state index contributed by atoms with van der Waals surface area (Å²) in [7, 11) is 0. The van der Waals surface area contributed by atoms with Gasteiger partial charge in [0.25, 0.3) is 0 Å². The molecule has 0 aliphatic rings. The van der Waals surface area contributed by atoms with Crippen molar-refractivity contribution < 1.29 is 77.3 Å². The molecule has 0 unspecified atom stereocenters. The van der Waals surface area contributed by atoms with Crippen molar-refractivity contribution in [3.8, 4) is 0 Å². The normalized spacial score (nSPS) is 14.2. The van der Waals surface area contributed by atoms with Crippen molar-refractivity contribution in [1.82, 2.24) is 47.9 Å². The van der Waals surface area contributed by atoms with Gasteiger partial charge in [0.15, 0.2) is 5.96 Å². The van der Waals surface area contributed by atoms with E-state index < -0.39 is 188 Å². The van der Waals surface area contributed by atoms with Gasteiger partial charge in [0.2, 0.25) is 76.8 Å².